The van der Waals surface area contributed by atoms with Gasteiger partial charge in [0.2, 0.25) is 0 Å². The van der Waals surface area contributed by atoms with Crippen LogP contribution < -0.4 is 5.73 Å². The average Bonchev–Trinajstić information content (AvgIpc) is 2.33. The molecule has 0 aromatic rings. The number of hydrogen-bond donors (Lipinski definition) is 1. The molecule has 3 nitrogen and oxygen atoms in total. The minimum Gasteiger partial charge on any atom is -0.392 e. The Morgan fingerprint density at radius 3 is 2.83 bits per heavy atom. The monoisotopic (exact) mass is 188 g/mol. The van der Waals surface area contributed by atoms with E-state index >= 15 is 0 Å². The molecular formula is C8H16N2OS. The van der Waals surface area contributed by atoms with Crippen LogP contribution in [0.3, 0.4) is 0 Å². The predicted molar refractivity (Wildman–Crippen MR) is 53.2 cm³/mol. The average molecular weight is 188 g/mol. The van der Waals surface area contributed by atoms with Gasteiger partial charge in [-0.1, -0.05) is 12.2 Å². The highest BCUT2D eigenvalue weighted by molar-refractivity contribution is 7.80. The summed E-state index contributed by atoms with van der Waals surface area (Å²) in [5.74, 6) is 0. The van der Waals surface area contributed by atoms with Gasteiger partial charge in [-0.25, -0.2) is 0 Å². The lowest BCUT2D eigenvalue weighted by atomic mass is 10.1. The van der Waals surface area contributed by atoms with Crippen LogP contribution in [0.5, 0.6) is 0 Å². The second kappa shape index (κ2) is 4.16. The summed E-state index contributed by atoms with van der Waals surface area (Å²) in [5.41, 5.74) is 5.46. The Morgan fingerprint density at radius 1 is 1.75 bits per heavy atom. The molecular weight excluding hydrogens is 172 g/mol. The summed E-state index contributed by atoms with van der Waals surface area (Å²) in [6.07, 6.45) is 1.39. The van der Waals surface area contributed by atoms with Crippen LogP contribution in [0.2, 0.25) is 0 Å². The van der Waals surface area contributed by atoms with Gasteiger partial charge >= 0.3 is 0 Å². The van der Waals surface area contributed by atoms with Crippen LogP contribution >= 0.6 is 12.2 Å². The van der Waals surface area contributed by atoms with E-state index in [-0.39, 0.29) is 0 Å². The van der Waals surface area contributed by atoms with Crippen LogP contribution in [0, 0.1) is 0 Å². The van der Waals surface area contributed by atoms with Crippen molar-refractivity contribution in [3.63, 3.8) is 0 Å². The van der Waals surface area contributed by atoms with Crippen molar-refractivity contribution < 1.29 is 4.74 Å². The van der Waals surface area contributed by atoms with Crippen LogP contribution in [0.1, 0.15) is 13.3 Å². The molecule has 0 bridgehead atoms. The van der Waals surface area contributed by atoms with Gasteiger partial charge in [0.1, 0.15) is 0 Å². The van der Waals surface area contributed by atoms with Crippen LogP contribution in [0.4, 0.5) is 0 Å². The Kier molecular flexibility index (Phi) is 3.43. The molecule has 1 saturated heterocycles. The molecule has 2 atom stereocenters. The van der Waals surface area contributed by atoms with Crippen molar-refractivity contribution in [2.24, 2.45) is 5.73 Å². The first kappa shape index (κ1) is 9.89. The van der Waals surface area contributed by atoms with Crippen molar-refractivity contribution in [2.45, 2.75) is 25.5 Å². The van der Waals surface area contributed by atoms with E-state index in [0.717, 1.165) is 13.0 Å². The maximum atomic E-state index is 5.46. The Bertz CT molecular complexity index is 174. The SMILES string of the molecule is CC1OCCC1N(C)CC(N)=S. The van der Waals surface area contributed by atoms with Gasteiger partial charge in [0.25, 0.3) is 0 Å². The molecule has 70 valence electrons. The molecule has 2 unspecified atom stereocenters. The summed E-state index contributed by atoms with van der Waals surface area (Å²) in [5, 5.41) is 0. The first-order valence-corrected chi connectivity index (χ1v) is 4.62. The highest BCUT2D eigenvalue weighted by atomic mass is 32.1. The zero-order valence-corrected chi connectivity index (χ0v) is 8.43. The molecule has 0 saturated carbocycles. The topological polar surface area (TPSA) is 38.5 Å². The molecule has 12 heavy (non-hydrogen) atoms. The molecule has 1 fully saturated rings. The normalized spacial score (nSPS) is 29.6. The third-order valence-corrected chi connectivity index (χ3v) is 2.44. The molecule has 0 aliphatic carbocycles. The number of rotatable bonds is 3. The molecule has 1 aliphatic heterocycles. The van der Waals surface area contributed by atoms with Crippen molar-refractivity contribution in [2.75, 3.05) is 20.2 Å². The van der Waals surface area contributed by atoms with Crippen molar-refractivity contribution >= 4 is 17.2 Å². The molecule has 0 radical (unpaired) electrons. The number of likely N-dealkylation sites (N-methyl/N-ethyl adjacent to an activating group) is 1. The van der Waals surface area contributed by atoms with Gasteiger partial charge in [-0.3, -0.25) is 4.90 Å². The van der Waals surface area contributed by atoms with E-state index in [1.807, 2.05) is 7.05 Å². The van der Waals surface area contributed by atoms with Crippen molar-refractivity contribution in [1.29, 1.82) is 0 Å². The van der Waals surface area contributed by atoms with Gasteiger partial charge in [0.05, 0.1) is 11.1 Å². The summed E-state index contributed by atoms with van der Waals surface area (Å²) >= 11 is 4.84. The van der Waals surface area contributed by atoms with E-state index in [0.29, 0.717) is 23.7 Å². The molecule has 0 aromatic heterocycles. The third kappa shape index (κ3) is 2.40. The summed E-state index contributed by atoms with van der Waals surface area (Å²) in [4.78, 5) is 2.72. The summed E-state index contributed by atoms with van der Waals surface area (Å²) in [6, 6.07) is 0.478. The van der Waals surface area contributed by atoms with E-state index < -0.39 is 0 Å². The van der Waals surface area contributed by atoms with Gasteiger partial charge in [0, 0.05) is 19.2 Å². The van der Waals surface area contributed by atoms with Gasteiger partial charge in [-0.2, -0.15) is 0 Å². The van der Waals surface area contributed by atoms with E-state index in [1.165, 1.54) is 0 Å². The third-order valence-electron chi connectivity index (χ3n) is 2.31. The number of nitrogens with two attached hydrogens (primary N) is 1. The fourth-order valence-electron chi connectivity index (χ4n) is 1.66. The molecule has 0 spiro atoms. The van der Waals surface area contributed by atoms with Gasteiger partial charge in [-0.05, 0) is 20.4 Å². The smallest absolute Gasteiger partial charge is 0.0870 e. The molecule has 1 rings (SSSR count). The van der Waals surface area contributed by atoms with Crippen LogP contribution in [0.25, 0.3) is 0 Å². The Hall–Kier alpha value is -0.190. The number of hydrogen-bond acceptors (Lipinski definition) is 3. The van der Waals surface area contributed by atoms with E-state index in [4.69, 9.17) is 22.7 Å². The second-order valence-electron chi connectivity index (χ2n) is 3.31. The highest BCUT2D eigenvalue weighted by Gasteiger charge is 2.27. The number of nitrogens with zero attached hydrogens (tertiary/aromatic N) is 1. The highest BCUT2D eigenvalue weighted by Crippen LogP contribution is 2.17. The lowest BCUT2D eigenvalue weighted by molar-refractivity contribution is 0.0885. The minimum atomic E-state index is 0.310. The van der Waals surface area contributed by atoms with Gasteiger partial charge in [0.15, 0.2) is 0 Å². The summed E-state index contributed by atoms with van der Waals surface area (Å²) in [7, 11) is 2.04. The summed E-state index contributed by atoms with van der Waals surface area (Å²) in [6.45, 7) is 3.63. The molecule has 1 heterocycles. The quantitative estimate of drug-likeness (QED) is 0.650. The lowest BCUT2D eigenvalue weighted by Gasteiger charge is -2.25. The van der Waals surface area contributed by atoms with E-state index in [2.05, 4.69) is 11.8 Å². The standard InChI is InChI=1S/C8H16N2OS/c1-6-7(3-4-11-6)10(2)5-8(9)12/h6-7H,3-5H2,1-2H3,(H2,9,12). The molecule has 4 heteroatoms. The van der Waals surface area contributed by atoms with Gasteiger partial charge in [-0.15, -0.1) is 0 Å². The van der Waals surface area contributed by atoms with E-state index in [1.54, 1.807) is 0 Å². The molecule has 0 aromatic carbocycles. The summed E-state index contributed by atoms with van der Waals surface area (Å²) < 4.78 is 5.44. The number of ether oxygens (including phenoxy) is 1. The van der Waals surface area contributed by atoms with Crippen molar-refractivity contribution in [3.05, 3.63) is 0 Å². The Balaban J connectivity index is 2.40. The largest absolute Gasteiger partial charge is 0.392 e. The number of thiocarbonyl (C=S) groups is 1. The molecule has 1 aliphatic rings. The fourth-order valence-corrected chi connectivity index (χ4v) is 1.87. The Labute approximate surface area is 78.9 Å². The van der Waals surface area contributed by atoms with Crippen LogP contribution in [0.15, 0.2) is 0 Å². The Morgan fingerprint density at radius 2 is 2.42 bits per heavy atom. The lowest BCUT2D eigenvalue weighted by Crippen LogP contribution is -2.41. The zero-order chi connectivity index (χ0) is 9.14. The van der Waals surface area contributed by atoms with Crippen molar-refractivity contribution in [1.82, 2.24) is 4.90 Å². The predicted octanol–water partition coefficient (Wildman–Crippen LogP) is 0.382. The molecule has 0 amide bonds. The van der Waals surface area contributed by atoms with Gasteiger partial charge < -0.3 is 10.5 Å². The first-order chi connectivity index (χ1) is 5.61. The zero-order valence-electron chi connectivity index (χ0n) is 7.62. The maximum Gasteiger partial charge on any atom is 0.0870 e. The fraction of sp³-hybridized carbons (Fsp3) is 0.875. The van der Waals surface area contributed by atoms with Crippen LogP contribution in [-0.4, -0.2) is 42.2 Å². The first-order valence-electron chi connectivity index (χ1n) is 4.21. The van der Waals surface area contributed by atoms with E-state index in [9.17, 15) is 0 Å². The second-order valence-corrected chi connectivity index (χ2v) is 3.84. The van der Waals surface area contributed by atoms with Crippen LogP contribution in [-0.2, 0) is 4.74 Å². The van der Waals surface area contributed by atoms with Crippen molar-refractivity contribution in [3.8, 4) is 0 Å². The molecule has 2 N–H and O–H groups in total. The maximum absolute atomic E-state index is 5.46. The minimum absolute atomic E-state index is 0.310.